The molecule has 1 saturated heterocycles. The number of allylic oxidation sites excluding steroid dienone is 2. The molecule has 8 rings (SSSR count). The van der Waals surface area contributed by atoms with Gasteiger partial charge in [0.25, 0.3) is 0 Å². The quantitative estimate of drug-likeness (QED) is 0.154. The first-order valence-corrected chi connectivity index (χ1v) is 12.7. The highest BCUT2D eigenvalue weighted by Gasteiger charge is 2.67. The summed E-state index contributed by atoms with van der Waals surface area (Å²) in [6, 6.07) is 15.9. The number of carbonyl (C=O) groups is 4. The number of amides is 2. The number of rotatable bonds is 7. The summed E-state index contributed by atoms with van der Waals surface area (Å²) >= 11 is 0. The molecule has 3 fully saturated rings. The lowest BCUT2D eigenvalue weighted by molar-refractivity contribution is -0.124. The van der Waals surface area contributed by atoms with Gasteiger partial charge in [-0.25, -0.2) is 4.79 Å². The first-order chi connectivity index (χ1) is 18.5. The molecule has 2 bridgehead atoms. The van der Waals surface area contributed by atoms with E-state index in [-0.39, 0.29) is 59.4 Å². The summed E-state index contributed by atoms with van der Waals surface area (Å²) < 4.78 is 15.9. The van der Waals surface area contributed by atoms with Crippen molar-refractivity contribution >= 4 is 29.3 Å². The van der Waals surface area contributed by atoms with Gasteiger partial charge < -0.3 is 13.9 Å². The summed E-state index contributed by atoms with van der Waals surface area (Å²) in [6.07, 6.45) is 6.82. The second-order valence-electron chi connectivity index (χ2n) is 10.3. The monoisotopic (exact) mass is 509 g/mol. The lowest BCUT2D eigenvalue weighted by Gasteiger charge is -2.37. The van der Waals surface area contributed by atoms with Gasteiger partial charge in [0.1, 0.15) is 11.5 Å². The van der Waals surface area contributed by atoms with Crippen LogP contribution in [0.3, 0.4) is 0 Å². The summed E-state index contributed by atoms with van der Waals surface area (Å²) in [5, 5.41) is 0. The number of ketones is 1. The third-order valence-electron chi connectivity index (χ3n) is 8.24. The van der Waals surface area contributed by atoms with Crippen LogP contribution < -0.4 is 14.4 Å². The molecule has 0 N–H and O–H groups in total. The van der Waals surface area contributed by atoms with E-state index in [0.717, 1.165) is 6.42 Å². The number of nitrogens with zero attached hydrogens (tertiary/aromatic N) is 1. The molecule has 6 atom stereocenters. The van der Waals surface area contributed by atoms with E-state index in [1.165, 1.54) is 29.4 Å². The summed E-state index contributed by atoms with van der Waals surface area (Å²) in [5.41, 5.74) is 0.928. The lowest BCUT2D eigenvalue weighted by atomic mass is 9.63. The van der Waals surface area contributed by atoms with E-state index < -0.39 is 5.97 Å². The van der Waals surface area contributed by atoms with Crippen molar-refractivity contribution in [1.29, 1.82) is 0 Å². The minimum Gasteiger partial charge on any atom is -0.485 e. The molecule has 1 aliphatic heterocycles. The Balaban J connectivity index is 0.970. The van der Waals surface area contributed by atoms with Gasteiger partial charge in [0.2, 0.25) is 17.6 Å². The van der Waals surface area contributed by atoms with Crippen molar-refractivity contribution in [1.82, 2.24) is 0 Å². The number of Topliss-reactive ketones (excluding diaryl/α,β-unsaturated/α-hetero) is 1. The molecular weight excluding hydrogens is 486 g/mol. The van der Waals surface area contributed by atoms with Crippen molar-refractivity contribution in [2.45, 2.75) is 6.42 Å². The highest BCUT2D eigenvalue weighted by atomic mass is 16.5. The Morgan fingerprint density at radius 2 is 1.47 bits per heavy atom. The fourth-order valence-electron chi connectivity index (χ4n) is 6.40. The second-order valence-corrected chi connectivity index (χ2v) is 10.3. The van der Waals surface area contributed by atoms with Gasteiger partial charge in [-0.2, -0.15) is 0 Å². The molecule has 190 valence electrons. The predicted molar refractivity (Wildman–Crippen MR) is 134 cm³/mol. The normalized spacial score (nSPS) is 28.2. The van der Waals surface area contributed by atoms with Gasteiger partial charge in [-0.3, -0.25) is 19.3 Å². The van der Waals surface area contributed by atoms with Gasteiger partial charge in [-0.15, -0.1) is 0 Å². The number of carbonyl (C=O) groups excluding carboxylic acids is 4. The molecule has 1 aromatic heterocycles. The van der Waals surface area contributed by atoms with Gasteiger partial charge in [0.15, 0.2) is 12.4 Å². The van der Waals surface area contributed by atoms with E-state index in [0.29, 0.717) is 28.8 Å². The zero-order valence-corrected chi connectivity index (χ0v) is 20.2. The number of esters is 1. The number of hydrogen-bond acceptors (Lipinski definition) is 7. The largest absolute Gasteiger partial charge is 0.485 e. The fourth-order valence-corrected chi connectivity index (χ4v) is 6.40. The molecule has 0 radical (unpaired) electrons. The number of imide groups is 1. The molecule has 0 spiro atoms. The lowest BCUT2D eigenvalue weighted by Crippen LogP contribution is -2.40. The first-order valence-electron chi connectivity index (χ1n) is 12.7. The Morgan fingerprint density at radius 1 is 0.842 bits per heavy atom. The van der Waals surface area contributed by atoms with Gasteiger partial charge in [-0.05, 0) is 90.8 Å². The van der Waals surface area contributed by atoms with Gasteiger partial charge in [0, 0.05) is 5.56 Å². The molecule has 2 amide bonds. The molecule has 38 heavy (non-hydrogen) atoms. The zero-order valence-electron chi connectivity index (χ0n) is 20.2. The van der Waals surface area contributed by atoms with Crippen molar-refractivity contribution in [3.8, 4) is 11.5 Å². The van der Waals surface area contributed by atoms with E-state index in [1.807, 2.05) is 0 Å². The smallest absolute Gasteiger partial charge is 0.379 e. The van der Waals surface area contributed by atoms with Crippen LogP contribution in [0.1, 0.15) is 27.3 Å². The summed E-state index contributed by atoms with van der Waals surface area (Å²) in [4.78, 5) is 52.4. The molecule has 2 saturated carbocycles. The summed E-state index contributed by atoms with van der Waals surface area (Å²) in [6.45, 7) is -0.200. The average Bonchev–Trinajstić information content (AvgIpc) is 3.50. The van der Waals surface area contributed by atoms with E-state index in [9.17, 15) is 19.2 Å². The summed E-state index contributed by atoms with van der Waals surface area (Å²) in [5.74, 6) is 0.728. The Bertz CT molecular complexity index is 1440. The Labute approximate surface area is 217 Å². The molecule has 6 unspecified atom stereocenters. The maximum absolute atomic E-state index is 13.3. The predicted octanol–water partition coefficient (Wildman–Crippen LogP) is 4.32. The zero-order chi connectivity index (χ0) is 26.0. The van der Waals surface area contributed by atoms with Crippen LogP contribution in [-0.2, 0) is 9.59 Å². The van der Waals surface area contributed by atoms with Crippen LogP contribution in [0.25, 0.3) is 0 Å². The number of hydrogen-bond donors (Lipinski definition) is 0. The number of benzene rings is 2. The summed E-state index contributed by atoms with van der Waals surface area (Å²) in [7, 11) is 0. The molecule has 4 aliphatic carbocycles. The van der Waals surface area contributed by atoms with E-state index in [1.54, 1.807) is 42.5 Å². The Kier molecular flexibility index (Phi) is 5.11. The van der Waals surface area contributed by atoms with Crippen molar-refractivity contribution in [3.63, 3.8) is 0 Å². The Hall–Kier alpha value is -4.46. The maximum Gasteiger partial charge on any atom is 0.379 e. The minimum absolute atomic E-state index is 0.0851. The van der Waals surface area contributed by atoms with Crippen LogP contribution in [0, 0.1) is 35.5 Å². The Morgan fingerprint density at radius 3 is 2.08 bits per heavy atom. The number of furan rings is 1. The third kappa shape index (κ3) is 3.59. The van der Waals surface area contributed by atoms with Crippen LogP contribution >= 0.6 is 0 Å². The molecule has 8 nitrogen and oxygen atoms in total. The van der Waals surface area contributed by atoms with Crippen LogP contribution in [0.4, 0.5) is 5.69 Å². The highest BCUT2D eigenvalue weighted by Crippen LogP contribution is 2.65. The van der Waals surface area contributed by atoms with Crippen LogP contribution in [0.5, 0.6) is 11.5 Å². The highest BCUT2D eigenvalue weighted by molar-refractivity contribution is 6.22. The van der Waals surface area contributed by atoms with Crippen LogP contribution in [-0.4, -0.2) is 30.2 Å². The van der Waals surface area contributed by atoms with Crippen LogP contribution in [0.2, 0.25) is 0 Å². The molecule has 8 heteroatoms. The molecule has 2 aromatic carbocycles. The van der Waals surface area contributed by atoms with Crippen molar-refractivity contribution in [2.24, 2.45) is 35.5 Å². The van der Waals surface area contributed by atoms with E-state index >= 15 is 0 Å². The van der Waals surface area contributed by atoms with E-state index in [2.05, 4.69) is 12.2 Å². The fraction of sp³-hybridized carbons (Fsp3) is 0.267. The molecule has 5 aliphatic rings. The number of ether oxygens (including phenoxy) is 2. The molecular formula is C30H23NO7. The van der Waals surface area contributed by atoms with E-state index in [4.69, 9.17) is 13.9 Å². The standard InChI is InChI=1S/C30H23NO7/c32-24(16-3-7-19(8-4-16)38-30(35)25-2-1-13-36-25)15-37-18-9-5-17(6-10-18)31-28(33)26-20-11-12-21(23-14-22(20)23)27(26)29(31)34/h1-13,20-23,26-27H,14-15H2. The van der Waals surface area contributed by atoms with Crippen molar-refractivity contribution in [2.75, 3.05) is 11.5 Å². The third-order valence-corrected chi connectivity index (χ3v) is 8.24. The first kappa shape index (κ1) is 22.7. The van der Waals surface area contributed by atoms with Crippen molar-refractivity contribution < 1.29 is 33.1 Å². The van der Waals surface area contributed by atoms with Crippen molar-refractivity contribution in [3.05, 3.63) is 90.4 Å². The maximum atomic E-state index is 13.3. The topological polar surface area (TPSA) is 103 Å². The van der Waals surface area contributed by atoms with Gasteiger partial charge in [0.05, 0.1) is 23.8 Å². The molecule has 3 aromatic rings. The van der Waals surface area contributed by atoms with Crippen LogP contribution in [0.15, 0.2) is 83.5 Å². The number of anilines is 1. The SMILES string of the molecule is O=C(COc1ccc(N2C(=O)C3C4C=CC(C5CC45)C3C2=O)cc1)c1ccc(OC(=O)c2ccco2)cc1. The van der Waals surface area contributed by atoms with Gasteiger partial charge >= 0.3 is 5.97 Å². The van der Waals surface area contributed by atoms with Gasteiger partial charge in [-0.1, -0.05) is 12.2 Å². The second kappa shape index (κ2) is 8.55. The minimum atomic E-state index is -0.627. The molecule has 2 heterocycles. The average molecular weight is 510 g/mol.